The molecule has 0 spiro atoms. The number of aliphatic hydroxyl groups excluding tert-OH is 1. The van der Waals surface area contributed by atoms with E-state index in [2.05, 4.69) is 4.90 Å². The quantitative estimate of drug-likeness (QED) is 0.818. The largest absolute Gasteiger partial charge is 0.393 e. The van der Waals surface area contributed by atoms with E-state index in [0.29, 0.717) is 11.8 Å². The SMILES string of the molecule is CC(O)CC1CCCCN1C(=O)CC1CCC1. The first-order valence-corrected chi connectivity index (χ1v) is 7.14. The predicted molar refractivity (Wildman–Crippen MR) is 67.6 cm³/mol. The van der Waals surface area contributed by atoms with Crippen molar-refractivity contribution in [2.45, 2.75) is 70.4 Å². The summed E-state index contributed by atoms with van der Waals surface area (Å²) in [4.78, 5) is 14.3. The highest BCUT2D eigenvalue weighted by Gasteiger charge is 2.30. The van der Waals surface area contributed by atoms with Gasteiger partial charge in [-0.1, -0.05) is 6.42 Å². The van der Waals surface area contributed by atoms with E-state index in [1.807, 2.05) is 6.92 Å². The van der Waals surface area contributed by atoms with Crippen molar-refractivity contribution in [3.05, 3.63) is 0 Å². The number of hydrogen-bond donors (Lipinski definition) is 1. The van der Waals surface area contributed by atoms with Crippen molar-refractivity contribution in [1.29, 1.82) is 0 Å². The van der Waals surface area contributed by atoms with Gasteiger partial charge in [-0.25, -0.2) is 0 Å². The highest BCUT2D eigenvalue weighted by molar-refractivity contribution is 5.77. The highest BCUT2D eigenvalue weighted by Crippen LogP contribution is 2.31. The molecule has 0 aromatic rings. The second kappa shape index (κ2) is 5.85. The fraction of sp³-hybridized carbons (Fsp3) is 0.929. The minimum absolute atomic E-state index is 0.288. The molecule has 2 aliphatic rings. The van der Waals surface area contributed by atoms with Crippen LogP contribution >= 0.6 is 0 Å². The molecule has 1 heterocycles. The zero-order valence-corrected chi connectivity index (χ0v) is 10.9. The third-order valence-corrected chi connectivity index (χ3v) is 4.25. The molecule has 0 bridgehead atoms. The number of hydrogen-bond acceptors (Lipinski definition) is 2. The molecule has 3 nitrogen and oxygen atoms in total. The molecule has 98 valence electrons. The summed E-state index contributed by atoms with van der Waals surface area (Å²) >= 11 is 0. The molecule has 2 unspecified atom stereocenters. The van der Waals surface area contributed by atoms with Crippen molar-refractivity contribution in [3.8, 4) is 0 Å². The van der Waals surface area contributed by atoms with Crippen LogP contribution in [-0.4, -0.2) is 34.6 Å². The summed E-state index contributed by atoms with van der Waals surface area (Å²) < 4.78 is 0. The fourth-order valence-electron chi connectivity index (χ4n) is 3.03. The predicted octanol–water partition coefficient (Wildman–Crippen LogP) is 2.33. The normalized spacial score (nSPS) is 27.6. The van der Waals surface area contributed by atoms with Crippen molar-refractivity contribution < 1.29 is 9.90 Å². The van der Waals surface area contributed by atoms with Gasteiger partial charge in [0.05, 0.1) is 6.10 Å². The van der Waals surface area contributed by atoms with Gasteiger partial charge in [0.25, 0.3) is 0 Å². The molecule has 1 aliphatic heterocycles. The maximum atomic E-state index is 12.2. The van der Waals surface area contributed by atoms with Crippen molar-refractivity contribution in [3.63, 3.8) is 0 Å². The molecule has 2 rings (SSSR count). The molecule has 0 radical (unpaired) electrons. The first-order valence-electron chi connectivity index (χ1n) is 7.14. The summed E-state index contributed by atoms with van der Waals surface area (Å²) in [5, 5.41) is 9.51. The summed E-state index contributed by atoms with van der Waals surface area (Å²) in [7, 11) is 0. The number of likely N-dealkylation sites (tertiary alicyclic amines) is 1. The van der Waals surface area contributed by atoms with Crippen LogP contribution < -0.4 is 0 Å². The molecular weight excluding hydrogens is 214 g/mol. The molecule has 3 heteroatoms. The lowest BCUT2D eigenvalue weighted by molar-refractivity contribution is -0.137. The van der Waals surface area contributed by atoms with Gasteiger partial charge in [0.2, 0.25) is 5.91 Å². The minimum atomic E-state index is -0.294. The first kappa shape index (κ1) is 12.9. The molecule has 1 saturated carbocycles. The first-order chi connectivity index (χ1) is 8.16. The van der Waals surface area contributed by atoms with Gasteiger partial charge < -0.3 is 10.0 Å². The van der Waals surface area contributed by atoms with Crippen LogP contribution in [0.4, 0.5) is 0 Å². The van der Waals surface area contributed by atoms with Crippen molar-refractivity contribution in [2.24, 2.45) is 5.92 Å². The monoisotopic (exact) mass is 239 g/mol. The van der Waals surface area contributed by atoms with Crippen LogP contribution in [0.15, 0.2) is 0 Å². The van der Waals surface area contributed by atoms with Crippen LogP contribution in [0.1, 0.15) is 58.3 Å². The standard InChI is InChI=1S/C14H25NO2/c1-11(16)9-13-7-2-3-8-15(13)14(17)10-12-5-4-6-12/h11-13,16H,2-10H2,1H3. The summed E-state index contributed by atoms with van der Waals surface area (Å²) in [6.07, 6.45) is 8.37. The van der Waals surface area contributed by atoms with E-state index in [9.17, 15) is 9.90 Å². The number of aliphatic hydroxyl groups is 1. The van der Waals surface area contributed by atoms with Crippen LogP contribution in [-0.2, 0) is 4.79 Å². The Morgan fingerprint density at radius 3 is 2.65 bits per heavy atom. The van der Waals surface area contributed by atoms with Crippen molar-refractivity contribution in [2.75, 3.05) is 6.54 Å². The average Bonchev–Trinajstić information content (AvgIpc) is 2.23. The van der Waals surface area contributed by atoms with Gasteiger partial charge in [0.15, 0.2) is 0 Å². The zero-order chi connectivity index (χ0) is 12.3. The van der Waals surface area contributed by atoms with Crippen LogP contribution in [0, 0.1) is 5.92 Å². The molecule has 0 aromatic carbocycles. The number of carbonyl (C=O) groups excluding carboxylic acids is 1. The lowest BCUT2D eigenvalue weighted by Crippen LogP contribution is -2.45. The Kier molecular flexibility index (Phi) is 4.43. The van der Waals surface area contributed by atoms with E-state index in [-0.39, 0.29) is 12.1 Å². The minimum Gasteiger partial charge on any atom is -0.393 e. The topological polar surface area (TPSA) is 40.5 Å². The molecule has 2 atom stereocenters. The Balaban J connectivity index is 1.87. The number of carbonyl (C=O) groups is 1. The van der Waals surface area contributed by atoms with Gasteiger partial charge in [-0.15, -0.1) is 0 Å². The maximum Gasteiger partial charge on any atom is 0.223 e. The summed E-state index contributed by atoms with van der Waals surface area (Å²) in [6.45, 7) is 2.73. The second-order valence-corrected chi connectivity index (χ2v) is 5.82. The van der Waals surface area contributed by atoms with Crippen LogP contribution in [0.3, 0.4) is 0 Å². The lowest BCUT2D eigenvalue weighted by Gasteiger charge is -2.38. The van der Waals surface area contributed by atoms with E-state index < -0.39 is 0 Å². The van der Waals surface area contributed by atoms with Crippen molar-refractivity contribution >= 4 is 5.91 Å². The van der Waals surface area contributed by atoms with Gasteiger partial charge in [-0.3, -0.25) is 4.79 Å². The molecule has 1 amide bonds. The smallest absolute Gasteiger partial charge is 0.223 e. The maximum absolute atomic E-state index is 12.2. The third kappa shape index (κ3) is 3.44. The van der Waals surface area contributed by atoms with Gasteiger partial charge in [0.1, 0.15) is 0 Å². The van der Waals surface area contributed by atoms with Gasteiger partial charge >= 0.3 is 0 Å². The molecule has 0 aromatic heterocycles. The average molecular weight is 239 g/mol. The Labute approximate surface area is 104 Å². The molecular formula is C14H25NO2. The molecule has 2 fully saturated rings. The van der Waals surface area contributed by atoms with E-state index >= 15 is 0 Å². The number of rotatable bonds is 4. The van der Waals surface area contributed by atoms with Gasteiger partial charge in [-0.05, 0) is 51.4 Å². The van der Waals surface area contributed by atoms with E-state index in [1.54, 1.807) is 0 Å². The van der Waals surface area contributed by atoms with Gasteiger partial charge in [0, 0.05) is 19.0 Å². The van der Waals surface area contributed by atoms with Crippen LogP contribution in [0.25, 0.3) is 0 Å². The van der Waals surface area contributed by atoms with E-state index in [0.717, 1.165) is 32.2 Å². The summed E-state index contributed by atoms with van der Waals surface area (Å²) in [6, 6.07) is 0.288. The third-order valence-electron chi connectivity index (χ3n) is 4.25. The Morgan fingerprint density at radius 2 is 2.06 bits per heavy atom. The molecule has 17 heavy (non-hydrogen) atoms. The Morgan fingerprint density at radius 1 is 1.29 bits per heavy atom. The fourth-order valence-corrected chi connectivity index (χ4v) is 3.03. The molecule has 1 saturated heterocycles. The number of nitrogens with zero attached hydrogens (tertiary/aromatic N) is 1. The Hall–Kier alpha value is -0.570. The summed E-state index contributed by atoms with van der Waals surface area (Å²) in [5.74, 6) is 0.983. The zero-order valence-electron chi connectivity index (χ0n) is 10.9. The van der Waals surface area contributed by atoms with E-state index in [4.69, 9.17) is 0 Å². The molecule has 1 aliphatic carbocycles. The molecule has 1 N–H and O–H groups in total. The van der Waals surface area contributed by atoms with Crippen LogP contribution in [0.2, 0.25) is 0 Å². The van der Waals surface area contributed by atoms with Crippen molar-refractivity contribution in [1.82, 2.24) is 4.90 Å². The Bertz CT molecular complexity index is 261. The number of amides is 1. The second-order valence-electron chi connectivity index (χ2n) is 5.82. The highest BCUT2D eigenvalue weighted by atomic mass is 16.3. The lowest BCUT2D eigenvalue weighted by atomic mass is 9.82. The van der Waals surface area contributed by atoms with Crippen LogP contribution in [0.5, 0.6) is 0 Å². The van der Waals surface area contributed by atoms with E-state index in [1.165, 1.54) is 25.7 Å². The number of piperidine rings is 1. The summed E-state index contributed by atoms with van der Waals surface area (Å²) in [5.41, 5.74) is 0. The van der Waals surface area contributed by atoms with Gasteiger partial charge in [-0.2, -0.15) is 0 Å².